The zero-order valence-electron chi connectivity index (χ0n) is 18.4. The first-order valence-electron chi connectivity index (χ1n) is 10.3. The quantitative estimate of drug-likeness (QED) is 0.136. The number of hydrogen-bond donors (Lipinski definition) is 4. The summed E-state index contributed by atoms with van der Waals surface area (Å²) < 4.78 is 1.54. The number of H-pyrrole nitrogens is 1. The van der Waals surface area contributed by atoms with Crippen LogP contribution in [-0.4, -0.2) is 38.6 Å². The molecular formula is C21H28N8O3. The van der Waals surface area contributed by atoms with E-state index in [2.05, 4.69) is 46.5 Å². The van der Waals surface area contributed by atoms with Gasteiger partial charge >= 0.3 is 5.69 Å². The fraction of sp³-hybridized carbons (Fsp3) is 0.381. The summed E-state index contributed by atoms with van der Waals surface area (Å²) in [4.78, 5) is 30.1. The third kappa shape index (κ3) is 5.91. The van der Waals surface area contributed by atoms with E-state index in [1.165, 1.54) is 0 Å². The maximum Gasteiger partial charge on any atom is 0.354 e. The lowest BCUT2D eigenvalue weighted by molar-refractivity contribution is -0.485. The molecule has 0 saturated heterocycles. The molecule has 0 aliphatic carbocycles. The number of rotatable bonds is 8. The van der Waals surface area contributed by atoms with Crippen molar-refractivity contribution in [3.05, 3.63) is 68.4 Å². The minimum atomic E-state index is -0.839. The van der Waals surface area contributed by atoms with Crippen LogP contribution < -0.4 is 22.1 Å². The number of nitrogens with zero attached hydrogens (tertiary/aromatic N) is 4. The molecule has 0 bridgehead atoms. The van der Waals surface area contributed by atoms with Crippen molar-refractivity contribution < 1.29 is 5.03 Å². The van der Waals surface area contributed by atoms with E-state index in [1.807, 2.05) is 36.5 Å². The predicted molar refractivity (Wildman–Crippen MR) is 123 cm³/mol. The number of guanidine groups is 1. The topological polar surface area (TPSA) is 156 Å². The first-order chi connectivity index (χ1) is 15.1. The lowest BCUT2D eigenvalue weighted by Crippen LogP contribution is -2.34. The van der Waals surface area contributed by atoms with Gasteiger partial charge in [0.25, 0.3) is 5.96 Å². The van der Waals surface area contributed by atoms with Gasteiger partial charge in [0.1, 0.15) is 10.7 Å². The molecule has 0 atom stereocenters. The molecule has 2 aromatic heterocycles. The highest BCUT2D eigenvalue weighted by atomic mass is 16.7. The number of hydrazone groups is 1. The molecule has 5 N–H and O–H groups in total. The molecular weight excluding hydrogens is 412 g/mol. The molecule has 3 rings (SSSR count). The van der Waals surface area contributed by atoms with E-state index in [4.69, 9.17) is 5.73 Å². The Morgan fingerprint density at radius 3 is 2.66 bits per heavy atom. The van der Waals surface area contributed by atoms with Gasteiger partial charge in [-0.25, -0.2) is 14.9 Å². The van der Waals surface area contributed by atoms with Crippen LogP contribution in [0.5, 0.6) is 0 Å². The Morgan fingerprint density at radius 1 is 1.28 bits per heavy atom. The zero-order chi connectivity index (χ0) is 23.3. The normalized spacial score (nSPS) is 12.3. The van der Waals surface area contributed by atoms with E-state index in [0.717, 1.165) is 28.8 Å². The number of nitrogens with one attached hydrogen (secondary N) is 3. The minimum absolute atomic E-state index is 0.0610. The number of aromatic nitrogens is 3. The number of fused-ring (bicyclic) bond motifs is 1. The number of nitrogens with two attached hydrogens (primary N) is 1. The third-order valence-corrected chi connectivity index (χ3v) is 4.89. The van der Waals surface area contributed by atoms with E-state index in [-0.39, 0.29) is 17.1 Å². The van der Waals surface area contributed by atoms with Gasteiger partial charge in [0, 0.05) is 35.8 Å². The Labute approximate surface area is 184 Å². The lowest BCUT2D eigenvalue weighted by atomic mass is 9.92. The van der Waals surface area contributed by atoms with Crippen LogP contribution in [0.25, 0.3) is 16.7 Å². The monoisotopic (exact) mass is 440 g/mol. The van der Waals surface area contributed by atoms with Gasteiger partial charge < -0.3 is 21.4 Å². The summed E-state index contributed by atoms with van der Waals surface area (Å²) in [6.07, 6.45) is 2.53. The van der Waals surface area contributed by atoms with Crippen LogP contribution in [-0.2, 0) is 12.0 Å². The standard InChI is InChI=1S/C21H28N8O3/c1-21(2,3)17-11-15-13-28(20(30)26-18(15)25-17)16-7-5-14(6-8-16)12-23-9-4-10-24-19(22)27-29(31)32/h5-8,11,13,23H,4,9-10,12H2,1-3H3,(H3,22,24,27)(H,25,26,30). The molecule has 11 nitrogen and oxygen atoms in total. The summed E-state index contributed by atoms with van der Waals surface area (Å²) in [7, 11) is 0. The molecule has 1 aromatic carbocycles. The van der Waals surface area contributed by atoms with Crippen molar-refractivity contribution in [2.45, 2.75) is 39.2 Å². The first-order valence-corrected chi connectivity index (χ1v) is 10.3. The van der Waals surface area contributed by atoms with Crippen LogP contribution >= 0.6 is 0 Å². The van der Waals surface area contributed by atoms with E-state index >= 15 is 0 Å². The average Bonchev–Trinajstić information content (AvgIpc) is 3.13. The fourth-order valence-corrected chi connectivity index (χ4v) is 3.14. The van der Waals surface area contributed by atoms with Gasteiger partial charge in [-0.1, -0.05) is 32.9 Å². The van der Waals surface area contributed by atoms with Crippen molar-refractivity contribution in [1.29, 1.82) is 0 Å². The van der Waals surface area contributed by atoms with Crippen molar-refractivity contribution in [1.82, 2.24) is 25.2 Å². The summed E-state index contributed by atoms with van der Waals surface area (Å²) >= 11 is 0. The smallest absolute Gasteiger partial charge is 0.354 e. The third-order valence-electron chi connectivity index (χ3n) is 4.89. The van der Waals surface area contributed by atoms with Gasteiger partial charge in [0.15, 0.2) is 5.03 Å². The summed E-state index contributed by atoms with van der Waals surface area (Å²) in [6, 6.07) is 9.72. The van der Waals surface area contributed by atoms with Crippen LogP contribution in [0.3, 0.4) is 0 Å². The Morgan fingerprint density at radius 2 is 2.00 bits per heavy atom. The second-order valence-electron chi connectivity index (χ2n) is 8.48. The number of nitro groups is 1. The second-order valence-corrected chi connectivity index (χ2v) is 8.48. The average molecular weight is 441 g/mol. The van der Waals surface area contributed by atoms with Crippen molar-refractivity contribution in [3.8, 4) is 5.69 Å². The molecule has 11 heteroatoms. The van der Waals surface area contributed by atoms with Gasteiger partial charge in [-0.2, -0.15) is 4.98 Å². The van der Waals surface area contributed by atoms with Crippen molar-refractivity contribution >= 4 is 17.0 Å². The van der Waals surface area contributed by atoms with E-state index in [0.29, 0.717) is 25.3 Å². The first kappa shape index (κ1) is 22.9. The van der Waals surface area contributed by atoms with Crippen LogP contribution in [0.15, 0.2) is 46.4 Å². The van der Waals surface area contributed by atoms with Gasteiger partial charge in [-0.15, -0.1) is 0 Å². The maximum absolute atomic E-state index is 12.5. The second kappa shape index (κ2) is 9.60. The molecule has 0 aliphatic heterocycles. The molecule has 3 aromatic rings. The maximum atomic E-state index is 12.5. The van der Waals surface area contributed by atoms with Gasteiger partial charge in [-0.05, 0) is 36.7 Å². The van der Waals surface area contributed by atoms with Gasteiger partial charge in [0.2, 0.25) is 0 Å². The van der Waals surface area contributed by atoms with Gasteiger partial charge in [-0.3, -0.25) is 4.57 Å². The fourth-order valence-electron chi connectivity index (χ4n) is 3.14. The molecule has 0 radical (unpaired) electrons. The summed E-state index contributed by atoms with van der Waals surface area (Å²) in [5.41, 5.74) is 8.39. The van der Waals surface area contributed by atoms with Crippen LogP contribution in [0, 0.1) is 10.1 Å². The Hall–Kier alpha value is -3.73. The SMILES string of the molecule is CC(C)(C)c1cc2cn(-c3ccc(CNCCCN/C(N)=N\[N+](=O)[O-])cc3)c(=O)nc2[nH]1. The Kier molecular flexibility index (Phi) is 6.89. The molecule has 2 heterocycles. The predicted octanol–water partition coefficient (Wildman–Crippen LogP) is 1.59. The molecule has 0 fully saturated rings. The highest BCUT2D eigenvalue weighted by Gasteiger charge is 2.17. The molecule has 32 heavy (non-hydrogen) atoms. The molecule has 0 amide bonds. The Balaban J connectivity index is 1.57. The lowest BCUT2D eigenvalue weighted by Gasteiger charge is -2.15. The highest BCUT2D eigenvalue weighted by molar-refractivity contribution is 5.77. The van der Waals surface area contributed by atoms with E-state index < -0.39 is 5.03 Å². The highest BCUT2D eigenvalue weighted by Crippen LogP contribution is 2.24. The number of aromatic amines is 1. The molecule has 0 aliphatic rings. The van der Waals surface area contributed by atoms with Crippen LogP contribution in [0.4, 0.5) is 0 Å². The number of benzene rings is 1. The summed E-state index contributed by atoms with van der Waals surface area (Å²) in [5, 5.41) is 19.2. The molecule has 0 unspecified atom stereocenters. The zero-order valence-corrected chi connectivity index (χ0v) is 18.4. The Bertz CT molecular complexity index is 1170. The van der Waals surface area contributed by atoms with E-state index in [1.54, 1.807) is 4.57 Å². The summed E-state index contributed by atoms with van der Waals surface area (Å²) in [6.45, 7) is 8.14. The summed E-state index contributed by atoms with van der Waals surface area (Å²) in [5.74, 6) is -0.206. The molecule has 0 spiro atoms. The van der Waals surface area contributed by atoms with Crippen molar-refractivity contribution in [2.24, 2.45) is 10.8 Å². The van der Waals surface area contributed by atoms with Crippen molar-refractivity contribution in [3.63, 3.8) is 0 Å². The number of hydrogen-bond acceptors (Lipinski definition) is 5. The van der Waals surface area contributed by atoms with Crippen LogP contribution in [0.2, 0.25) is 0 Å². The molecule has 0 saturated carbocycles. The van der Waals surface area contributed by atoms with Gasteiger partial charge in [0.05, 0.1) is 5.69 Å². The van der Waals surface area contributed by atoms with Crippen molar-refractivity contribution in [2.75, 3.05) is 13.1 Å². The van der Waals surface area contributed by atoms with Crippen LogP contribution in [0.1, 0.15) is 38.4 Å². The largest absolute Gasteiger partial charge is 0.365 e. The molecule has 170 valence electrons. The minimum Gasteiger partial charge on any atom is -0.365 e. The van der Waals surface area contributed by atoms with E-state index in [9.17, 15) is 14.9 Å².